The summed E-state index contributed by atoms with van der Waals surface area (Å²) in [6, 6.07) is -1.43. The van der Waals surface area contributed by atoms with Crippen molar-refractivity contribution in [2.24, 2.45) is 17.6 Å². The molecule has 33 heavy (non-hydrogen) atoms. The van der Waals surface area contributed by atoms with Gasteiger partial charge in [-0.3, -0.25) is 14.4 Å². The van der Waals surface area contributed by atoms with Crippen LogP contribution < -0.4 is 16.4 Å². The zero-order valence-electron chi connectivity index (χ0n) is 18.3. The molecule has 0 radical (unpaired) electrons. The first-order valence-electron chi connectivity index (χ1n) is 10.6. The number of primary amides is 1. The molecule has 0 bridgehead atoms. The quantitative estimate of drug-likeness (QED) is 0.298. The summed E-state index contributed by atoms with van der Waals surface area (Å²) in [4.78, 5) is 42.8. The van der Waals surface area contributed by atoms with Gasteiger partial charge < -0.3 is 36.8 Å². The Balaban J connectivity index is 1.96. The van der Waals surface area contributed by atoms with Crippen molar-refractivity contribution < 1.29 is 34.8 Å². The first-order chi connectivity index (χ1) is 15.4. The highest BCUT2D eigenvalue weighted by Crippen LogP contribution is 2.52. The number of rotatable bonds is 4. The molecule has 1 saturated carbocycles. The van der Waals surface area contributed by atoms with Gasteiger partial charge in [0.2, 0.25) is 5.78 Å². The lowest BCUT2D eigenvalue weighted by Crippen LogP contribution is -2.66. The number of carbonyl (C=O) groups is 3. The molecule has 11 nitrogen and oxygen atoms in total. The lowest BCUT2D eigenvalue weighted by Gasteiger charge is -2.49. The van der Waals surface area contributed by atoms with Crippen LogP contribution >= 0.6 is 0 Å². The summed E-state index contributed by atoms with van der Waals surface area (Å²) >= 11 is 0. The van der Waals surface area contributed by atoms with Gasteiger partial charge in [0.25, 0.3) is 5.91 Å². The van der Waals surface area contributed by atoms with Crippen molar-refractivity contribution in [1.29, 1.82) is 0 Å². The molecule has 176 valence electrons. The molecule has 0 aliphatic heterocycles. The largest absolute Gasteiger partial charge is 0.508 e. The lowest BCUT2D eigenvalue weighted by molar-refractivity contribution is -0.150. The van der Waals surface area contributed by atoms with E-state index in [0.29, 0.717) is 11.4 Å². The van der Waals surface area contributed by atoms with E-state index < -0.39 is 58.0 Å². The molecule has 1 aromatic heterocycles. The molecule has 1 aromatic rings. The number of aliphatic hydroxyl groups excluding tert-OH is 2. The average Bonchev–Trinajstić information content (AvgIpc) is 2.73. The van der Waals surface area contributed by atoms with Crippen LogP contribution in [-0.2, 0) is 20.8 Å². The average molecular weight is 458 g/mol. The molecule has 0 saturated heterocycles. The van der Waals surface area contributed by atoms with Crippen LogP contribution in [-0.4, -0.2) is 67.6 Å². The molecule has 4 rings (SSSR count). The Kier molecular flexibility index (Phi) is 5.21. The molecule has 1 fully saturated rings. The van der Waals surface area contributed by atoms with Crippen LogP contribution in [0.1, 0.15) is 31.4 Å². The first kappa shape index (κ1) is 22.7. The molecular weight excluding hydrogens is 432 g/mol. The number of Topliss-reactive ketones (excluding diaryl/α,β-unsaturated/α-hetero) is 2. The maximum Gasteiger partial charge on any atom is 0.255 e. The fourth-order valence-corrected chi connectivity index (χ4v) is 5.34. The van der Waals surface area contributed by atoms with Gasteiger partial charge in [-0.2, -0.15) is 0 Å². The van der Waals surface area contributed by atoms with Crippen LogP contribution in [0.2, 0.25) is 0 Å². The standard InChI is InChI=1S/C22H26N4O7/c1-7(2)26-15-10-5-8-4-9-13(11(27)6-25-21(9)24-3)16(28)12(8)18(30)22(10,33)19(31)14(17(15)29)20(23)32/h6-8,10,15,26-28,31,33H,4-5H2,1-3H3,(H2,23,32)(H,24,25)/t8-,10-,15-,22-/m0/s1. The number of nitrogens with one attached hydrogen (secondary N) is 2. The second-order valence-corrected chi connectivity index (χ2v) is 8.95. The number of amides is 1. The Labute approximate surface area is 189 Å². The van der Waals surface area contributed by atoms with E-state index in [1.165, 1.54) is 0 Å². The molecule has 0 unspecified atom stereocenters. The van der Waals surface area contributed by atoms with Crippen molar-refractivity contribution in [3.8, 4) is 5.75 Å². The van der Waals surface area contributed by atoms with Crippen LogP contribution in [0.15, 0.2) is 23.1 Å². The number of ketones is 2. The van der Waals surface area contributed by atoms with Gasteiger partial charge in [-0.05, 0) is 18.8 Å². The third-order valence-corrected chi connectivity index (χ3v) is 6.70. The van der Waals surface area contributed by atoms with Gasteiger partial charge in [-0.25, -0.2) is 4.98 Å². The summed E-state index contributed by atoms with van der Waals surface area (Å²) in [6.45, 7) is 3.50. The van der Waals surface area contributed by atoms with Crippen molar-refractivity contribution in [1.82, 2.24) is 10.3 Å². The van der Waals surface area contributed by atoms with Crippen LogP contribution in [0, 0.1) is 11.8 Å². The van der Waals surface area contributed by atoms with Crippen molar-refractivity contribution in [3.63, 3.8) is 0 Å². The fourth-order valence-electron chi connectivity index (χ4n) is 5.34. The molecule has 1 amide bonds. The molecule has 4 atom stereocenters. The fraction of sp³-hybridized carbons (Fsp3) is 0.455. The zero-order chi connectivity index (χ0) is 24.4. The Morgan fingerprint density at radius 1 is 1.27 bits per heavy atom. The number of nitrogens with zero attached hydrogens (tertiary/aromatic N) is 1. The minimum Gasteiger partial charge on any atom is -0.508 e. The topological polar surface area (TPSA) is 195 Å². The molecule has 11 heteroatoms. The van der Waals surface area contributed by atoms with Crippen molar-refractivity contribution in [2.75, 3.05) is 12.4 Å². The number of carbonyl (C=O) groups excluding carboxylic acids is 3. The van der Waals surface area contributed by atoms with E-state index in [0.717, 1.165) is 6.20 Å². The third kappa shape index (κ3) is 3.03. The van der Waals surface area contributed by atoms with Gasteiger partial charge in [-0.1, -0.05) is 13.8 Å². The number of aromatic nitrogens is 1. The number of nitrogens with two attached hydrogens (primary N) is 1. The third-order valence-electron chi connectivity index (χ3n) is 6.70. The van der Waals surface area contributed by atoms with Gasteiger partial charge in [0.1, 0.15) is 28.7 Å². The summed E-state index contributed by atoms with van der Waals surface area (Å²) in [5.74, 6) is -6.52. The number of hydrogen-bond donors (Lipinski definition) is 7. The number of hydrogen-bond acceptors (Lipinski definition) is 10. The Morgan fingerprint density at radius 3 is 2.52 bits per heavy atom. The van der Waals surface area contributed by atoms with Gasteiger partial charge in [-0.15, -0.1) is 0 Å². The number of aliphatic hydroxyl groups is 3. The van der Waals surface area contributed by atoms with Gasteiger partial charge in [0.05, 0.1) is 17.8 Å². The Hall–Kier alpha value is -3.44. The van der Waals surface area contributed by atoms with Crippen LogP contribution in [0.25, 0.3) is 5.76 Å². The highest BCUT2D eigenvalue weighted by atomic mass is 16.3. The van der Waals surface area contributed by atoms with Crippen LogP contribution in [0.4, 0.5) is 5.82 Å². The van der Waals surface area contributed by atoms with E-state index in [9.17, 15) is 34.8 Å². The van der Waals surface area contributed by atoms with E-state index in [1.54, 1.807) is 20.9 Å². The first-order valence-corrected chi connectivity index (χ1v) is 10.6. The van der Waals surface area contributed by atoms with E-state index in [4.69, 9.17) is 5.73 Å². The van der Waals surface area contributed by atoms with E-state index in [1.807, 2.05) is 0 Å². The monoisotopic (exact) mass is 458 g/mol. The Morgan fingerprint density at radius 2 is 1.94 bits per heavy atom. The molecule has 0 aromatic carbocycles. The minimum absolute atomic E-state index is 0.00154. The van der Waals surface area contributed by atoms with E-state index in [2.05, 4.69) is 15.6 Å². The lowest BCUT2D eigenvalue weighted by atomic mass is 9.57. The van der Waals surface area contributed by atoms with Crippen LogP contribution in [0.5, 0.6) is 5.75 Å². The van der Waals surface area contributed by atoms with Crippen molar-refractivity contribution in [2.45, 2.75) is 44.4 Å². The van der Waals surface area contributed by atoms with Gasteiger partial charge in [0, 0.05) is 30.1 Å². The van der Waals surface area contributed by atoms with E-state index in [-0.39, 0.29) is 35.8 Å². The normalized spacial score (nSPS) is 29.1. The summed E-state index contributed by atoms with van der Waals surface area (Å²) in [5.41, 5.74) is 2.08. The number of fused-ring (bicyclic) bond motifs is 3. The molecular formula is C22H26N4O7. The molecule has 3 aliphatic rings. The smallest absolute Gasteiger partial charge is 0.255 e. The summed E-state index contributed by atoms with van der Waals surface area (Å²) < 4.78 is 0. The summed E-state index contributed by atoms with van der Waals surface area (Å²) in [5, 5.41) is 49.5. The van der Waals surface area contributed by atoms with Crippen LogP contribution in [0.3, 0.4) is 0 Å². The zero-order valence-corrected chi connectivity index (χ0v) is 18.3. The molecule has 1 heterocycles. The summed E-state index contributed by atoms with van der Waals surface area (Å²) in [7, 11) is 1.62. The maximum atomic E-state index is 13.7. The molecule has 8 N–H and O–H groups in total. The molecule has 0 spiro atoms. The SMILES string of the molecule is CNc1ncc(O)c2c1C[C@H]1C[C@H]3[C@H](NC(C)C)C(=O)C(C(N)=O)=C(O)[C@@]3(O)C(=O)C1=C2O. The van der Waals surface area contributed by atoms with E-state index >= 15 is 0 Å². The predicted octanol–water partition coefficient (Wildman–Crippen LogP) is -0.163. The Bertz CT molecular complexity index is 1160. The number of anilines is 1. The second-order valence-electron chi connectivity index (χ2n) is 8.95. The van der Waals surface area contributed by atoms with Crippen molar-refractivity contribution >= 4 is 29.1 Å². The maximum absolute atomic E-state index is 13.7. The number of pyridine rings is 1. The number of aromatic hydroxyl groups is 1. The van der Waals surface area contributed by atoms with Gasteiger partial charge >= 0.3 is 0 Å². The second kappa shape index (κ2) is 7.56. The predicted molar refractivity (Wildman–Crippen MR) is 116 cm³/mol. The highest BCUT2D eigenvalue weighted by molar-refractivity contribution is 6.24. The minimum atomic E-state index is -2.66. The van der Waals surface area contributed by atoms with Gasteiger partial charge in [0.15, 0.2) is 11.4 Å². The molecule has 3 aliphatic carbocycles. The van der Waals surface area contributed by atoms with Crippen molar-refractivity contribution in [3.05, 3.63) is 34.2 Å². The summed E-state index contributed by atoms with van der Waals surface area (Å²) in [6.07, 6.45) is 1.32. The highest BCUT2D eigenvalue weighted by Gasteiger charge is 2.63.